The summed E-state index contributed by atoms with van der Waals surface area (Å²) in [7, 11) is 0. The molecule has 0 amide bonds. The zero-order valence-corrected chi connectivity index (χ0v) is 10.3. The number of benzene rings is 1. The fourth-order valence-electron chi connectivity index (χ4n) is 1.76. The Bertz CT molecular complexity index is 532. The van der Waals surface area contributed by atoms with Crippen molar-refractivity contribution in [3.05, 3.63) is 57.3 Å². The van der Waals surface area contributed by atoms with Crippen molar-refractivity contribution in [3.63, 3.8) is 0 Å². The lowest BCUT2D eigenvalue weighted by Gasteiger charge is -2.14. The molecule has 0 saturated carbocycles. The number of aryl methyl sites for hydroxylation is 1. The number of halogens is 3. The van der Waals surface area contributed by atoms with Crippen LogP contribution in [0.15, 0.2) is 35.7 Å². The van der Waals surface area contributed by atoms with Gasteiger partial charge in [0, 0.05) is 4.88 Å². The number of hydrogen-bond acceptors (Lipinski definition) is 2. The molecular formula is C13H11F3OS. The fraction of sp³-hybridized carbons (Fsp3) is 0.231. The maximum atomic E-state index is 12.5. The van der Waals surface area contributed by atoms with Crippen molar-refractivity contribution >= 4 is 11.3 Å². The quantitative estimate of drug-likeness (QED) is 0.870. The SMILES string of the molecule is Cc1cc(C(F)(F)F)ccc1C(O)c1cccs1. The van der Waals surface area contributed by atoms with Crippen LogP contribution in [0.25, 0.3) is 0 Å². The second-order valence-electron chi connectivity index (χ2n) is 3.99. The van der Waals surface area contributed by atoms with Crippen LogP contribution in [-0.2, 0) is 6.18 Å². The summed E-state index contributed by atoms with van der Waals surface area (Å²) in [6.07, 6.45) is -5.22. The molecule has 0 aliphatic heterocycles. The first-order valence-electron chi connectivity index (χ1n) is 5.29. The lowest BCUT2D eigenvalue weighted by Crippen LogP contribution is -2.07. The van der Waals surface area contributed by atoms with Crippen LogP contribution in [-0.4, -0.2) is 5.11 Å². The Balaban J connectivity index is 2.36. The fourth-order valence-corrected chi connectivity index (χ4v) is 2.49. The number of rotatable bonds is 2. The molecule has 1 nitrogen and oxygen atoms in total. The van der Waals surface area contributed by atoms with Gasteiger partial charge in [-0.25, -0.2) is 0 Å². The zero-order chi connectivity index (χ0) is 13.3. The van der Waals surface area contributed by atoms with E-state index in [9.17, 15) is 18.3 Å². The molecule has 1 unspecified atom stereocenters. The molecular weight excluding hydrogens is 261 g/mol. The first kappa shape index (κ1) is 13.1. The lowest BCUT2D eigenvalue weighted by molar-refractivity contribution is -0.137. The van der Waals surface area contributed by atoms with Crippen molar-refractivity contribution in [2.75, 3.05) is 0 Å². The predicted molar refractivity (Wildman–Crippen MR) is 64.6 cm³/mol. The highest BCUT2D eigenvalue weighted by Crippen LogP contribution is 2.33. The number of hydrogen-bond donors (Lipinski definition) is 1. The molecule has 1 aromatic heterocycles. The Morgan fingerprint density at radius 1 is 1.22 bits per heavy atom. The van der Waals surface area contributed by atoms with Crippen molar-refractivity contribution in [2.45, 2.75) is 19.2 Å². The highest BCUT2D eigenvalue weighted by Gasteiger charge is 2.31. The number of aliphatic hydroxyl groups is 1. The molecule has 0 saturated heterocycles. The van der Waals surface area contributed by atoms with Gasteiger partial charge in [-0.3, -0.25) is 0 Å². The number of alkyl halides is 3. The van der Waals surface area contributed by atoms with E-state index in [1.54, 1.807) is 19.1 Å². The third-order valence-corrected chi connectivity index (χ3v) is 3.63. The van der Waals surface area contributed by atoms with Crippen molar-refractivity contribution < 1.29 is 18.3 Å². The van der Waals surface area contributed by atoms with Crippen LogP contribution >= 0.6 is 11.3 Å². The van der Waals surface area contributed by atoms with Crippen molar-refractivity contribution in [3.8, 4) is 0 Å². The van der Waals surface area contributed by atoms with Crippen LogP contribution in [0.3, 0.4) is 0 Å². The molecule has 0 radical (unpaired) electrons. The van der Waals surface area contributed by atoms with E-state index in [2.05, 4.69) is 0 Å². The van der Waals surface area contributed by atoms with Gasteiger partial charge in [-0.1, -0.05) is 12.1 Å². The minimum absolute atomic E-state index is 0.436. The summed E-state index contributed by atoms with van der Waals surface area (Å²) in [5.41, 5.74) is 0.248. The van der Waals surface area contributed by atoms with E-state index in [-0.39, 0.29) is 0 Å². The molecule has 1 N–H and O–H groups in total. The molecule has 0 spiro atoms. The van der Waals surface area contributed by atoms with Gasteiger partial charge >= 0.3 is 6.18 Å². The van der Waals surface area contributed by atoms with Crippen molar-refractivity contribution in [1.29, 1.82) is 0 Å². The Hall–Kier alpha value is -1.33. The summed E-state index contributed by atoms with van der Waals surface area (Å²) in [5, 5.41) is 11.9. The largest absolute Gasteiger partial charge is 0.416 e. The predicted octanol–water partition coefficient (Wildman–Crippen LogP) is 4.16. The van der Waals surface area contributed by atoms with E-state index >= 15 is 0 Å². The van der Waals surface area contributed by atoms with Gasteiger partial charge in [0.1, 0.15) is 6.10 Å². The van der Waals surface area contributed by atoms with Crippen LogP contribution in [0, 0.1) is 6.92 Å². The summed E-state index contributed by atoms with van der Waals surface area (Å²) < 4.78 is 37.5. The topological polar surface area (TPSA) is 20.2 Å². The molecule has 0 aliphatic carbocycles. The standard InChI is InChI=1S/C13H11F3OS/c1-8-7-9(13(14,15)16)4-5-10(8)12(17)11-3-2-6-18-11/h2-7,12,17H,1H3. The third-order valence-electron chi connectivity index (χ3n) is 2.70. The molecule has 0 aliphatic rings. The van der Waals surface area contributed by atoms with Gasteiger partial charge in [0.05, 0.1) is 5.56 Å². The van der Waals surface area contributed by atoms with Crippen LogP contribution in [0.4, 0.5) is 13.2 Å². The summed E-state index contributed by atoms with van der Waals surface area (Å²) in [6.45, 7) is 1.57. The van der Waals surface area contributed by atoms with E-state index in [1.165, 1.54) is 17.4 Å². The Morgan fingerprint density at radius 3 is 2.44 bits per heavy atom. The van der Waals surface area contributed by atoms with E-state index in [0.717, 1.165) is 17.0 Å². The average Bonchev–Trinajstić information content (AvgIpc) is 2.80. The molecule has 2 aromatic rings. The second kappa shape index (κ2) is 4.74. The molecule has 0 fully saturated rings. The molecule has 1 aromatic carbocycles. The maximum absolute atomic E-state index is 12.5. The van der Waals surface area contributed by atoms with Gasteiger partial charge in [0.2, 0.25) is 0 Å². The lowest BCUT2D eigenvalue weighted by atomic mass is 9.99. The molecule has 1 atom stereocenters. The second-order valence-corrected chi connectivity index (χ2v) is 4.97. The molecule has 5 heteroatoms. The Kier molecular flexibility index (Phi) is 3.45. The van der Waals surface area contributed by atoms with E-state index in [1.807, 2.05) is 5.38 Å². The zero-order valence-electron chi connectivity index (χ0n) is 9.53. The van der Waals surface area contributed by atoms with E-state index in [4.69, 9.17) is 0 Å². The molecule has 18 heavy (non-hydrogen) atoms. The van der Waals surface area contributed by atoms with Gasteiger partial charge in [-0.15, -0.1) is 11.3 Å². The first-order valence-corrected chi connectivity index (χ1v) is 6.17. The summed E-state index contributed by atoms with van der Waals surface area (Å²) in [5.74, 6) is 0. The first-order chi connectivity index (χ1) is 8.39. The van der Waals surface area contributed by atoms with Gasteiger partial charge in [-0.2, -0.15) is 13.2 Å². The maximum Gasteiger partial charge on any atom is 0.416 e. The van der Waals surface area contributed by atoms with Crippen LogP contribution in [0.5, 0.6) is 0 Å². The van der Waals surface area contributed by atoms with Gasteiger partial charge in [-0.05, 0) is 41.6 Å². The summed E-state index contributed by atoms with van der Waals surface area (Å²) in [6, 6.07) is 6.95. The molecule has 2 rings (SSSR count). The summed E-state index contributed by atoms with van der Waals surface area (Å²) >= 11 is 1.37. The van der Waals surface area contributed by atoms with Crippen LogP contribution in [0.1, 0.15) is 27.7 Å². The van der Waals surface area contributed by atoms with Crippen molar-refractivity contribution in [1.82, 2.24) is 0 Å². The number of aliphatic hydroxyl groups excluding tert-OH is 1. The molecule has 1 heterocycles. The molecule has 0 bridgehead atoms. The highest BCUT2D eigenvalue weighted by atomic mass is 32.1. The van der Waals surface area contributed by atoms with Gasteiger partial charge < -0.3 is 5.11 Å². The minimum atomic E-state index is -4.35. The van der Waals surface area contributed by atoms with E-state index in [0.29, 0.717) is 11.1 Å². The highest BCUT2D eigenvalue weighted by molar-refractivity contribution is 7.10. The van der Waals surface area contributed by atoms with Crippen molar-refractivity contribution in [2.24, 2.45) is 0 Å². The monoisotopic (exact) mass is 272 g/mol. The average molecular weight is 272 g/mol. The van der Waals surface area contributed by atoms with Crippen LogP contribution < -0.4 is 0 Å². The summed E-state index contributed by atoms with van der Waals surface area (Å²) in [4.78, 5) is 0.720. The smallest absolute Gasteiger partial charge is 0.383 e. The van der Waals surface area contributed by atoms with Crippen LogP contribution in [0.2, 0.25) is 0 Å². The normalized spacial score (nSPS) is 13.6. The Morgan fingerprint density at radius 2 is 1.94 bits per heavy atom. The third kappa shape index (κ3) is 2.57. The van der Waals surface area contributed by atoms with E-state index < -0.39 is 17.8 Å². The number of thiophene rings is 1. The van der Waals surface area contributed by atoms with Gasteiger partial charge in [0.25, 0.3) is 0 Å². The van der Waals surface area contributed by atoms with Gasteiger partial charge in [0.15, 0.2) is 0 Å². The molecule has 96 valence electrons. The Labute approximate surface area is 107 Å². The minimum Gasteiger partial charge on any atom is -0.383 e.